The van der Waals surface area contributed by atoms with Crippen molar-refractivity contribution >= 4 is 38.3 Å². The van der Waals surface area contributed by atoms with E-state index < -0.39 is 0 Å². The van der Waals surface area contributed by atoms with Crippen molar-refractivity contribution in [1.82, 2.24) is 20.5 Å². The van der Waals surface area contributed by atoms with Crippen molar-refractivity contribution < 1.29 is 4.79 Å². The highest BCUT2D eigenvalue weighted by Gasteiger charge is 2.22. The summed E-state index contributed by atoms with van der Waals surface area (Å²) in [6.45, 7) is 6.18. The summed E-state index contributed by atoms with van der Waals surface area (Å²) in [5.41, 5.74) is 1.29. The van der Waals surface area contributed by atoms with Crippen molar-refractivity contribution in [3.05, 3.63) is 26.9 Å². The molecule has 8 heteroatoms. The molecule has 0 aliphatic carbocycles. The van der Waals surface area contributed by atoms with E-state index in [1.807, 2.05) is 20.0 Å². The lowest BCUT2D eigenvalue weighted by Gasteiger charge is -2.20. The summed E-state index contributed by atoms with van der Waals surface area (Å²) in [5.74, 6) is 0.570. The zero-order valence-electron chi connectivity index (χ0n) is 13.1. The van der Waals surface area contributed by atoms with Crippen LogP contribution in [0.15, 0.2) is 10.7 Å². The Kier molecular flexibility index (Phi) is 5.13. The fourth-order valence-electron chi connectivity index (χ4n) is 2.67. The van der Waals surface area contributed by atoms with Gasteiger partial charge in [0.2, 0.25) is 0 Å². The quantitative estimate of drug-likeness (QED) is 0.737. The highest BCUT2D eigenvalue weighted by atomic mass is 79.9. The minimum Gasteiger partial charge on any atom is -0.317 e. The SMILES string of the molecule is CC(C)c1[nH]nc(C(=O)Nc2ncc(C3CCNCC3)s2)c1Br. The molecular weight excluding hydrogens is 378 g/mol. The van der Waals surface area contributed by atoms with Crippen molar-refractivity contribution in [3.8, 4) is 0 Å². The van der Waals surface area contributed by atoms with Gasteiger partial charge in [-0.2, -0.15) is 5.10 Å². The molecule has 3 heterocycles. The van der Waals surface area contributed by atoms with Crippen LogP contribution in [0, 0.1) is 0 Å². The molecule has 0 saturated carbocycles. The molecular formula is C15H20BrN5OS. The van der Waals surface area contributed by atoms with E-state index in [2.05, 4.69) is 41.7 Å². The summed E-state index contributed by atoms with van der Waals surface area (Å²) in [4.78, 5) is 18.0. The van der Waals surface area contributed by atoms with Gasteiger partial charge in [-0.1, -0.05) is 13.8 Å². The highest BCUT2D eigenvalue weighted by molar-refractivity contribution is 9.10. The average molecular weight is 398 g/mol. The first-order valence-corrected chi connectivity index (χ1v) is 9.38. The predicted octanol–water partition coefficient (Wildman–Crippen LogP) is 3.47. The molecule has 0 aromatic carbocycles. The second kappa shape index (κ2) is 7.11. The van der Waals surface area contributed by atoms with E-state index >= 15 is 0 Å². The van der Waals surface area contributed by atoms with Gasteiger partial charge in [0.25, 0.3) is 5.91 Å². The first kappa shape index (κ1) is 16.6. The number of aromatic nitrogens is 3. The zero-order chi connectivity index (χ0) is 16.4. The molecule has 3 rings (SSSR count). The number of piperidine rings is 1. The zero-order valence-corrected chi connectivity index (χ0v) is 15.6. The Morgan fingerprint density at radius 2 is 2.17 bits per heavy atom. The highest BCUT2D eigenvalue weighted by Crippen LogP contribution is 2.32. The van der Waals surface area contributed by atoms with E-state index in [1.54, 1.807) is 11.3 Å². The topological polar surface area (TPSA) is 82.7 Å². The van der Waals surface area contributed by atoms with Crippen molar-refractivity contribution in [2.45, 2.75) is 38.5 Å². The fraction of sp³-hybridized carbons (Fsp3) is 0.533. The summed E-state index contributed by atoms with van der Waals surface area (Å²) in [7, 11) is 0. The molecule has 6 nitrogen and oxygen atoms in total. The Bertz CT molecular complexity index is 690. The standard InChI is InChI=1S/C15H20BrN5OS/c1-8(2)12-11(16)13(21-20-12)14(22)19-15-18-7-10(23-15)9-3-5-17-6-4-9/h7-9,17H,3-6H2,1-2H3,(H,20,21)(H,18,19,22). The number of H-pyrrole nitrogens is 1. The van der Waals surface area contributed by atoms with Crippen LogP contribution in [-0.4, -0.2) is 34.2 Å². The summed E-state index contributed by atoms with van der Waals surface area (Å²) >= 11 is 5.01. The van der Waals surface area contributed by atoms with Gasteiger partial charge >= 0.3 is 0 Å². The number of anilines is 1. The second-order valence-corrected chi connectivity index (χ2v) is 7.86. The molecule has 0 unspecified atom stereocenters. The van der Waals surface area contributed by atoms with Gasteiger partial charge in [-0.25, -0.2) is 4.98 Å². The van der Waals surface area contributed by atoms with E-state index in [0.29, 0.717) is 16.7 Å². The van der Waals surface area contributed by atoms with Gasteiger partial charge in [-0.15, -0.1) is 11.3 Å². The molecule has 0 radical (unpaired) electrons. The smallest absolute Gasteiger partial charge is 0.279 e. The molecule has 0 atom stereocenters. The fourth-order valence-corrected chi connectivity index (χ4v) is 4.47. The van der Waals surface area contributed by atoms with Crippen LogP contribution >= 0.6 is 27.3 Å². The number of hydrogen-bond donors (Lipinski definition) is 3. The Morgan fingerprint density at radius 1 is 1.43 bits per heavy atom. The molecule has 0 spiro atoms. The minimum absolute atomic E-state index is 0.244. The Labute approximate surface area is 147 Å². The maximum Gasteiger partial charge on any atom is 0.279 e. The monoisotopic (exact) mass is 397 g/mol. The molecule has 1 amide bonds. The van der Waals surface area contributed by atoms with Gasteiger partial charge in [-0.05, 0) is 53.7 Å². The van der Waals surface area contributed by atoms with Crippen LogP contribution in [0.3, 0.4) is 0 Å². The molecule has 2 aromatic rings. The number of carbonyl (C=O) groups excluding carboxylic acids is 1. The molecule has 1 aliphatic rings. The van der Waals surface area contributed by atoms with Gasteiger partial charge in [0, 0.05) is 11.1 Å². The molecule has 23 heavy (non-hydrogen) atoms. The lowest BCUT2D eigenvalue weighted by atomic mass is 9.97. The molecule has 3 N–H and O–H groups in total. The third-order valence-corrected chi connectivity index (χ3v) is 5.89. The molecule has 124 valence electrons. The first-order chi connectivity index (χ1) is 11.1. The molecule has 1 fully saturated rings. The lowest BCUT2D eigenvalue weighted by molar-refractivity contribution is 0.102. The Balaban J connectivity index is 1.69. The van der Waals surface area contributed by atoms with Crippen LogP contribution < -0.4 is 10.6 Å². The predicted molar refractivity (Wildman–Crippen MR) is 95.3 cm³/mol. The number of aromatic amines is 1. The second-order valence-electron chi connectivity index (χ2n) is 6.00. The van der Waals surface area contributed by atoms with Gasteiger partial charge < -0.3 is 5.32 Å². The first-order valence-electron chi connectivity index (χ1n) is 7.77. The number of carbonyl (C=O) groups is 1. The molecule has 0 bridgehead atoms. The molecule has 1 aliphatic heterocycles. The van der Waals surface area contributed by atoms with E-state index in [-0.39, 0.29) is 11.8 Å². The number of rotatable bonds is 4. The number of halogens is 1. The van der Waals surface area contributed by atoms with Crippen LogP contribution in [-0.2, 0) is 0 Å². The van der Waals surface area contributed by atoms with Crippen LogP contribution in [0.25, 0.3) is 0 Å². The maximum atomic E-state index is 12.4. The van der Waals surface area contributed by atoms with Crippen LogP contribution in [0.1, 0.15) is 59.6 Å². The van der Waals surface area contributed by atoms with Gasteiger partial charge in [0.15, 0.2) is 10.8 Å². The molecule has 2 aromatic heterocycles. The summed E-state index contributed by atoms with van der Waals surface area (Å²) in [5, 5.41) is 13.9. The van der Waals surface area contributed by atoms with Crippen molar-refractivity contribution in [2.75, 3.05) is 18.4 Å². The van der Waals surface area contributed by atoms with Crippen molar-refractivity contribution in [2.24, 2.45) is 0 Å². The van der Waals surface area contributed by atoms with Crippen LogP contribution in [0.5, 0.6) is 0 Å². The van der Waals surface area contributed by atoms with E-state index in [4.69, 9.17) is 0 Å². The Morgan fingerprint density at radius 3 is 2.83 bits per heavy atom. The maximum absolute atomic E-state index is 12.4. The van der Waals surface area contributed by atoms with Gasteiger partial charge in [0.1, 0.15) is 0 Å². The van der Waals surface area contributed by atoms with Crippen molar-refractivity contribution in [3.63, 3.8) is 0 Å². The summed E-state index contributed by atoms with van der Waals surface area (Å²) in [6, 6.07) is 0. The van der Waals surface area contributed by atoms with Gasteiger partial charge in [0.05, 0.1) is 10.2 Å². The summed E-state index contributed by atoms with van der Waals surface area (Å²) < 4.78 is 0.722. The molecule has 1 saturated heterocycles. The Hall–Kier alpha value is -1.25. The van der Waals surface area contributed by atoms with Crippen LogP contribution in [0.2, 0.25) is 0 Å². The average Bonchev–Trinajstić information content (AvgIpc) is 3.15. The normalized spacial score (nSPS) is 16.0. The van der Waals surface area contributed by atoms with E-state index in [9.17, 15) is 4.79 Å². The number of amides is 1. The largest absolute Gasteiger partial charge is 0.317 e. The van der Waals surface area contributed by atoms with Gasteiger partial charge in [-0.3, -0.25) is 15.2 Å². The minimum atomic E-state index is -0.244. The van der Waals surface area contributed by atoms with Crippen LogP contribution in [0.4, 0.5) is 5.13 Å². The van der Waals surface area contributed by atoms with E-state index in [0.717, 1.165) is 36.1 Å². The lowest BCUT2D eigenvalue weighted by Crippen LogP contribution is -2.26. The summed E-state index contributed by atoms with van der Waals surface area (Å²) in [6.07, 6.45) is 4.13. The third-order valence-electron chi connectivity index (χ3n) is 4.01. The number of nitrogens with one attached hydrogen (secondary N) is 3. The third kappa shape index (κ3) is 3.64. The number of hydrogen-bond acceptors (Lipinski definition) is 5. The van der Waals surface area contributed by atoms with Crippen molar-refractivity contribution in [1.29, 1.82) is 0 Å². The number of thiazole rings is 1. The number of nitrogens with zero attached hydrogens (tertiary/aromatic N) is 2. The van der Waals surface area contributed by atoms with E-state index in [1.165, 1.54) is 4.88 Å².